The molecule has 0 radical (unpaired) electrons. The lowest BCUT2D eigenvalue weighted by Crippen LogP contribution is -2.04. The van der Waals surface area contributed by atoms with Crippen LogP contribution in [0, 0.1) is 6.92 Å². The summed E-state index contributed by atoms with van der Waals surface area (Å²) in [5.74, 6) is 0.790. The first-order valence-electron chi connectivity index (χ1n) is 5.33. The molecule has 1 aromatic heterocycles. The van der Waals surface area contributed by atoms with Crippen molar-refractivity contribution in [3.63, 3.8) is 0 Å². The molecule has 0 aliphatic carbocycles. The van der Waals surface area contributed by atoms with Crippen molar-refractivity contribution in [3.05, 3.63) is 60.1 Å². The highest BCUT2D eigenvalue weighted by Crippen LogP contribution is 2.09. The number of furan rings is 1. The van der Waals surface area contributed by atoms with Crippen LogP contribution in [0.25, 0.3) is 6.08 Å². The third kappa shape index (κ3) is 3.57. The molecule has 0 aliphatic rings. The molecule has 2 aromatic rings. The number of hydrogen-bond acceptors (Lipinski definition) is 2. The smallest absolute Gasteiger partial charge is 0.126 e. The maximum absolute atomic E-state index is 5.20. The van der Waals surface area contributed by atoms with Gasteiger partial charge in [0.15, 0.2) is 0 Å². The average Bonchev–Trinajstić information content (AvgIpc) is 2.83. The van der Waals surface area contributed by atoms with Gasteiger partial charge in [0.25, 0.3) is 0 Å². The number of rotatable bonds is 3. The van der Waals surface area contributed by atoms with Gasteiger partial charge in [-0.2, -0.15) is 0 Å². The van der Waals surface area contributed by atoms with Crippen molar-refractivity contribution >= 4 is 29.0 Å². The Labute approximate surface area is 106 Å². The molecule has 2 nitrogen and oxygen atoms in total. The minimum Gasteiger partial charge on any atom is -0.465 e. The van der Waals surface area contributed by atoms with Crippen molar-refractivity contribution in [2.75, 3.05) is 5.32 Å². The summed E-state index contributed by atoms with van der Waals surface area (Å²) in [5, 5.41) is 3.13. The third-order valence-electron chi connectivity index (χ3n) is 2.26. The molecule has 1 heterocycles. The predicted octanol–water partition coefficient (Wildman–Crippen LogP) is 4.04. The van der Waals surface area contributed by atoms with Crippen LogP contribution >= 0.6 is 12.2 Å². The van der Waals surface area contributed by atoms with E-state index in [1.165, 1.54) is 5.56 Å². The lowest BCUT2D eigenvalue weighted by molar-refractivity contribution is 0.557. The van der Waals surface area contributed by atoms with Crippen molar-refractivity contribution in [3.8, 4) is 0 Å². The standard InChI is InChI=1S/C14H13NOS/c1-11-4-6-12(7-5-11)15-14(17)9-8-13-3-2-10-16-13/h2-10H,1H3,(H,15,17). The Hall–Kier alpha value is -1.87. The highest BCUT2D eigenvalue weighted by Gasteiger charge is 1.94. The Morgan fingerprint density at radius 1 is 1.24 bits per heavy atom. The number of thiocarbonyl (C=S) groups is 1. The molecule has 0 aliphatic heterocycles. The van der Waals surface area contributed by atoms with Gasteiger partial charge in [-0.05, 0) is 43.3 Å². The summed E-state index contributed by atoms with van der Waals surface area (Å²) < 4.78 is 5.18. The van der Waals surface area contributed by atoms with E-state index in [0.717, 1.165) is 11.4 Å². The Kier molecular flexibility index (Phi) is 3.73. The van der Waals surface area contributed by atoms with Gasteiger partial charge < -0.3 is 9.73 Å². The maximum Gasteiger partial charge on any atom is 0.126 e. The van der Waals surface area contributed by atoms with E-state index in [9.17, 15) is 0 Å². The molecular weight excluding hydrogens is 230 g/mol. The van der Waals surface area contributed by atoms with Crippen molar-refractivity contribution < 1.29 is 4.42 Å². The van der Waals surface area contributed by atoms with E-state index in [1.807, 2.05) is 48.6 Å². The second kappa shape index (κ2) is 5.46. The number of benzene rings is 1. The molecular formula is C14H13NOS. The number of hydrogen-bond donors (Lipinski definition) is 1. The number of aryl methyl sites for hydroxylation is 1. The van der Waals surface area contributed by atoms with Crippen LogP contribution in [0.15, 0.2) is 53.2 Å². The fourth-order valence-corrected chi connectivity index (χ4v) is 1.55. The van der Waals surface area contributed by atoms with Crippen LogP contribution < -0.4 is 5.32 Å². The van der Waals surface area contributed by atoms with Crippen molar-refractivity contribution in [1.82, 2.24) is 0 Å². The van der Waals surface area contributed by atoms with Gasteiger partial charge in [0.1, 0.15) is 10.7 Å². The van der Waals surface area contributed by atoms with Gasteiger partial charge in [0, 0.05) is 5.69 Å². The molecule has 1 aromatic carbocycles. The lowest BCUT2D eigenvalue weighted by atomic mass is 10.2. The van der Waals surface area contributed by atoms with Gasteiger partial charge in [-0.1, -0.05) is 29.9 Å². The third-order valence-corrected chi connectivity index (χ3v) is 2.50. The first-order chi connectivity index (χ1) is 8.24. The van der Waals surface area contributed by atoms with Crippen LogP contribution in [0.3, 0.4) is 0 Å². The van der Waals surface area contributed by atoms with Crippen molar-refractivity contribution in [2.45, 2.75) is 6.92 Å². The molecule has 2 rings (SSSR count). The van der Waals surface area contributed by atoms with Gasteiger partial charge in [0.2, 0.25) is 0 Å². The molecule has 0 amide bonds. The second-order valence-corrected chi connectivity index (χ2v) is 4.14. The molecule has 0 bridgehead atoms. The summed E-state index contributed by atoms with van der Waals surface area (Å²) >= 11 is 5.20. The molecule has 0 saturated carbocycles. The van der Waals surface area contributed by atoms with Crippen LogP contribution in [0.5, 0.6) is 0 Å². The van der Waals surface area contributed by atoms with Crippen LogP contribution in [0.1, 0.15) is 11.3 Å². The minimum atomic E-state index is 0.658. The van der Waals surface area contributed by atoms with Crippen LogP contribution in [0.4, 0.5) is 5.69 Å². The number of nitrogens with one attached hydrogen (secondary N) is 1. The zero-order valence-electron chi connectivity index (χ0n) is 9.51. The molecule has 17 heavy (non-hydrogen) atoms. The van der Waals surface area contributed by atoms with Gasteiger partial charge in [-0.3, -0.25) is 0 Å². The maximum atomic E-state index is 5.20. The van der Waals surface area contributed by atoms with Crippen molar-refractivity contribution in [1.29, 1.82) is 0 Å². The topological polar surface area (TPSA) is 25.2 Å². The molecule has 86 valence electrons. The summed E-state index contributed by atoms with van der Waals surface area (Å²) in [5.41, 5.74) is 2.22. The first-order valence-corrected chi connectivity index (χ1v) is 5.74. The molecule has 0 spiro atoms. The highest BCUT2D eigenvalue weighted by molar-refractivity contribution is 7.81. The summed E-state index contributed by atoms with van der Waals surface area (Å²) in [6.45, 7) is 2.05. The molecule has 0 unspecified atom stereocenters. The van der Waals surface area contributed by atoms with E-state index < -0.39 is 0 Å². The van der Waals surface area contributed by atoms with Gasteiger partial charge in [0.05, 0.1) is 6.26 Å². The van der Waals surface area contributed by atoms with Crippen molar-refractivity contribution in [2.24, 2.45) is 0 Å². The van der Waals surface area contributed by atoms with Gasteiger partial charge in [-0.15, -0.1) is 0 Å². The van der Waals surface area contributed by atoms with Crippen LogP contribution in [0.2, 0.25) is 0 Å². The molecule has 0 atom stereocenters. The van der Waals surface area contributed by atoms with Crippen LogP contribution in [-0.2, 0) is 0 Å². The molecule has 0 saturated heterocycles. The van der Waals surface area contributed by atoms with Crippen LogP contribution in [-0.4, -0.2) is 4.99 Å². The zero-order valence-corrected chi connectivity index (χ0v) is 10.3. The Morgan fingerprint density at radius 2 is 2.00 bits per heavy atom. The van der Waals surface area contributed by atoms with E-state index in [-0.39, 0.29) is 0 Å². The average molecular weight is 243 g/mol. The summed E-state index contributed by atoms with van der Waals surface area (Å²) in [4.78, 5) is 0.658. The second-order valence-electron chi connectivity index (χ2n) is 3.70. The normalized spacial score (nSPS) is 10.6. The quantitative estimate of drug-likeness (QED) is 0.650. The molecule has 3 heteroatoms. The summed E-state index contributed by atoms with van der Waals surface area (Å²) in [7, 11) is 0. The summed E-state index contributed by atoms with van der Waals surface area (Å²) in [6.07, 6.45) is 5.29. The monoisotopic (exact) mass is 243 g/mol. The first kappa shape index (κ1) is 11.6. The predicted molar refractivity (Wildman–Crippen MR) is 75.1 cm³/mol. The fraction of sp³-hybridized carbons (Fsp3) is 0.0714. The lowest BCUT2D eigenvalue weighted by Gasteiger charge is -2.04. The molecule has 0 fully saturated rings. The Balaban J connectivity index is 1.95. The van der Waals surface area contributed by atoms with E-state index in [2.05, 4.69) is 12.2 Å². The number of anilines is 1. The van der Waals surface area contributed by atoms with E-state index in [4.69, 9.17) is 16.6 Å². The zero-order chi connectivity index (χ0) is 12.1. The summed E-state index contributed by atoms with van der Waals surface area (Å²) in [6, 6.07) is 11.8. The largest absolute Gasteiger partial charge is 0.465 e. The Morgan fingerprint density at radius 3 is 2.65 bits per heavy atom. The highest BCUT2D eigenvalue weighted by atomic mass is 32.1. The SMILES string of the molecule is Cc1ccc(NC(=S)C=Cc2ccco2)cc1. The fourth-order valence-electron chi connectivity index (χ4n) is 1.36. The van der Waals surface area contributed by atoms with Gasteiger partial charge in [-0.25, -0.2) is 0 Å². The minimum absolute atomic E-state index is 0.658. The van der Waals surface area contributed by atoms with E-state index in [0.29, 0.717) is 4.99 Å². The van der Waals surface area contributed by atoms with E-state index in [1.54, 1.807) is 6.26 Å². The molecule has 1 N–H and O–H groups in total. The Bertz CT molecular complexity index is 512. The van der Waals surface area contributed by atoms with E-state index >= 15 is 0 Å². The van der Waals surface area contributed by atoms with Gasteiger partial charge >= 0.3 is 0 Å².